The number of phenolic OH excluding ortho intramolecular Hbond substituents is 1. The summed E-state index contributed by atoms with van der Waals surface area (Å²) in [6, 6.07) is 7.24. The molecule has 1 heterocycles. The molecule has 1 aromatic rings. The Hall–Kier alpha value is -1.22. The van der Waals surface area contributed by atoms with Gasteiger partial charge in [0, 0.05) is 18.1 Å². The van der Waals surface area contributed by atoms with Gasteiger partial charge in [0.1, 0.15) is 0 Å². The summed E-state index contributed by atoms with van der Waals surface area (Å²) in [5, 5.41) is 9.69. The molecule has 3 atom stereocenters. The van der Waals surface area contributed by atoms with Crippen LogP contribution in [-0.4, -0.2) is 29.2 Å². The van der Waals surface area contributed by atoms with Crippen molar-refractivity contribution in [3.8, 4) is 11.5 Å². The number of likely N-dealkylation sites (tertiary alicyclic amines) is 1. The number of hydrogen-bond acceptors (Lipinski definition) is 3. The molecular weight excluding hydrogens is 238 g/mol. The number of ether oxygens (including phenoxy) is 1. The lowest BCUT2D eigenvalue weighted by Crippen LogP contribution is -2.45. The van der Waals surface area contributed by atoms with Crippen LogP contribution in [0.25, 0.3) is 0 Å². The van der Waals surface area contributed by atoms with Gasteiger partial charge < -0.3 is 9.84 Å². The van der Waals surface area contributed by atoms with Crippen LogP contribution in [0, 0.1) is 0 Å². The third-order valence-corrected chi connectivity index (χ3v) is 4.40. The van der Waals surface area contributed by atoms with Crippen molar-refractivity contribution in [2.24, 2.45) is 0 Å². The van der Waals surface area contributed by atoms with Crippen LogP contribution < -0.4 is 4.74 Å². The molecule has 0 saturated carbocycles. The molecule has 2 rings (SSSR count). The van der Waals surface area contributed by atoms with Crippen molar-refractivity contribution in [2.45, 2.75) is 58.2 Å². The van der Waals surface area contributed by atoms with Crippen molar-refractivity contribution < 1.29 is 9.84 Å². The minimum absolute atomic E-state index is 0.207. The highest BCUT2D eigenvalue weighted by molar-refractivity contribution is 5.42. The van der Waals surface area contributed by atoms with Crippen LogP contribution in [0.15, 0.2) is 18.2 Å². The molecule has 0 spiro atoms. The van der Waals surface area contributed by atoms with Crippen LogP contribution in [0.4, 0.5) is 0 Å². The van der Waals surface area contributed by atoms with E-state index in [1.165, 1.54) is 24.8 Å². The van der Waals surface area contributed by atoms with Crippen LogP contribution in [-0.2, 0) is 0 Å². The molecule has 0 radical (unpaired) electrons. The van der Waals surface area contributed by atoms with Gasteiger partial charge in [-0.3, -0.25) is 4.90 Å². The smallest absolute Gasteiger partial charge is 0.160 e. The van der Waals surface area contributed by atoms with E-state index in [0.29, 0.717) is 23.9 Å². The van der Waals surface area contributed by atoms with Crippen LogP contribution >= 0.6 is 0 Å². The monoisotopic (exact) mass is 263 g/mol. The van der Waals surface area contributed by atoms with Crippen LogP contribution in [0.5, 0.6) is 11.5 Å². The second-order valence-electron chi connectivity index (χ2n) is 5.68. The van der Waals surface area contributed by atoms with Crippen LogP contribution in [0.2, 0.25) is 0 Å². The maximum Gasteiger partial charge on any atom is 0.160 e. The number of benzene rings is 1. The lowest BCUT2D eigenvalue weighted by atomic mass is 9.93. The summed E-state index contributed by atoms with van der Waals surface area (Å²) in [4.78, 5) is 2.58. The molecule has 3 nitrogen and oxygen atoms in total. The first-order valence-corrected chi connectivity index (χ1v) is 7.19. The molecule has 19 heavy (non-hydrogen) atoms. The van der Waals surface area contributed by atoms with Gasteiger partial charge >= 0.3 is 0 Å². The van der Waals surface area contributed by atoms with Crippen molar-refractivity contribution in [2.75, 3.05) is 7.11 Å². The first-order valence-electron chi connectivity index (χ1n) is 7.19. The minimum atomic E-state index is 0.207. The first kappa shape index (κ1) is 14.2. The molecule has 1 aliphatic heterocycles. The van der Waals surface area contributed by atoms with E-state index in [2.05, 4.69) is 25.7 Å². The van der Waals surface area contributed by atoms with Gasteiger partial charge in [0.25, 0.3) is 0 Å². The van der Waals surface area contributed by atoms with E-state index in [1.807, 2.05) is 12.1 Å². The normalized spacial score (nSPS) is 26.1. The Morgan fingerprint density at radius 2 is 1.89 bits per heavy atom. The Balaban J connectivity index is 2.25. The molecule has 1 saturated heterocycles. The van der Waals surface area contributed by atoms with Crippen molar-refractivity contribution in [3.05, 3.63) is 23.8 Å². The van der Waals surface area contributed by atoms with Gasteiger partial charge in [0.2, 0.25) is 0 Å². The fourth-order valence-corrected chi connectivity index (χ4v) is 3.33. The molecule has 0 aromatic heterocycles. The van der Waals surface area contributed by atoms with Crippen molar-refractivity contribution in [1.82, 2.24) is 4.90 Å². The third-order valence-electron chi connectivity index (χ3n) is 4.40. The third kappa shape index (κ3) is 2.86. The zero-order chi connectivity index (χ0) is 14.0. The average molecular weight is 263 g/mol. The molecule has 3 heteroatoms. The summed E-state index contributed by atoms with van der Waals surface area (Å²) in [5.41, 5.74) is 1.20. The van der Waals surface area contributed by atoms with E-state index < -0.39 is 0 Å². The van der Waals surface area contributed by atoms with Gasteiger partial charge in [-0.1, -0.05) is 12.5 Å². The second kappa shape index (κ2) is 5.83. The zero-order valence-corrected chi connectivity index (χ0v) is 12.4. The number of phenols is 1. The van der Waals surface area contributed by atoms with Gasteiger partial charge in [-0.25, -0.2) is 0 Å². The Labute approximate surface area is 116 Å². The maximum atomic E-state index is 9.69. The fourth-order valence-electron chi connectivity index (χ4n) is 3.33. The Bertz CT molecular complexity index is 423. The topological polar surface area (TPSA) is 32.7 Å². The van der Waals surface area contributed by atoms with Crippen molar-refractivity contribution >= 4 is 0 Å². The first-order chi connectivity index (χ1) is 9.04. The lowest BCUT2D eigenvalue weighted by molar-refractivity contribution is 0.0622. The molecule has 3 unspecified atom stereocenters. The Morgan fingerprint density at radius 1 is 1.26 bits per heavy atom. The van der Waals surface area contributed by atoms with E-state index >= 15 is 0 Å². The number of aromatic hydroxyl groups is 1. The van der Waals surface area contributed by atoms with Gasteiger partial charge in [-0.05, 0) is 51.3 Å². The van der Waals surface area contributed by atoms with Crippen LogP contribution in [0.3, 0.4) is 0 Å². The maximum absolute atomic E-state index is 9.69. The SMILES string of the molecule is COc1cc(C(C)N2C(C)CCCC2C)ccc1O. The summed E-state index contributed by atoms with van der Waals surface area (Å²) >= 11 is 0. The standard InChI is InChI=1S/C16H25NO2/c1-11-6-5-7-12(2)17(11)13(3)14-8-9-15(18)16(10-14)19-4/h8-13,18H,5-7H2,1-4H3. The molecule has 1 N–H and O–H groups in total. The molecule has 0 amide bonds. The predicted molar refractivity (Wildman–Crippen MR) is 77.7 cm³/mol. The van der Waals surface area contributed by atoms with E-state index in [-0.39, 0.29) is 5.75 Å². The number of rotatable bonds is 3. The van der Waals surface area contributed by atoms with E-state index in [0.717, 1.165) is 0 Å². The summed E-state index contributed by atoms with van der Waals surface area (Å²) in [6.45, 7) is 6.86. The fraction of sp³-hybridized carbons (Fsp3) is 0.625. The highest BCUT2D eigenvalue weighted by Crippen LogP contribution is 2.35. The summed E-state index contributed by atoms with van der Waals surface area (Å²) in [7, 11) is 1.59. The van der Waals surface area contributed by atoms with Crippen molar-refractivity contribution in [3.63, 3.8) is 0 Å². The van der Waals surface area contributed by atoms with Gasteiger partial charge in [-0.2, -0.15) is 0 Å². The van der Waals surface area contributed by atoms with Crippen LogP contribution in [0.1, 0.15) is 51.6 Å². The number of methoxy groups -OCH3 is 1. The minimum Gasteiger partial charge on any atom is -0.504 e. The average Bonchev–Trinajstić information content (AvgIpc) is 2.39. The highest BCUT2D eigenvalue weighted by atomic mass is 16.5. The summed E-state index contributed by atoms with van der Waals surface area (Å²) < 4.78 is 5.21. The number of piperidine rings is 1. The molecule has 106 valence electrons. The van der Waals surface area contributed by atoms with E-state index in [1.54, 1.807) is 13.2 Å². The highest BCUT2D eigenvalue weighted by Gasteiger charge is 2.29. The van der Waals surface area contributed by atoms with Crippen molar-refractivity contribution in [1.29, 1.82) is 0 Å². The lowest BCUT2D eigenvalue weighted by Gasteiger charge is -2.43. The predicted octanol–water partition coefficient (Wildman–Crippen LogP) is 3.72. The largest absolute Gasteiger partial charge is 0.504 e. The van der Waals surface area contributed by atoms with Gasteiger partial charge in [0.05, 0.1) is 7.11 Å². The molecule has 1 aromatic carbocycles. The zero-order valence-electron chi connectivity index (χ0n) is 12.4. The summed E-state index contributed by atoms with van der Waals surface area (Å²) in [5.74, 6) is 0.764. The summed E-state index contributed by atoms with van der Waals surface area (Å²) in [6.07, 6.45) is 3.86. The quantitative estimate of drug-likeness (QED) is 0.902. The number of nitrogens with zero attached hydrogens (tertiary/aromatic N) is 1. The van der Waals surface area contributed by atoms with Gasteiger partial charge in [0.15, 0.2) is 11.5 Å². The second-order valence-corrected chi connectivity index (χ2v) is 5.68. The van der Waals surface area contributed by atoms with E-state index in [4.69, 9.17) is 4.74 Å². The molecule has 1 fully saturated rings. The molecule has 0 bridgehead atoms. The Morgan fingerprint density at radius 3 is 2.47 bits per heavy atom. The molecule has 0 aliphatic carbocycles. The Kier molecular flexibility index (Phi) is 4.35. The number of hydrogen-bond donors (Lipinski definition) is 1. The van der Waals surface area contributed by atoms with Gasteiger partial charge in [-0.15, -0.1) is 0 Å². The van der Waals surface area contributed by atoms with E-state index in [9.17, 15) is 5.11 Å². The molecule has 1 aliphatic rings. The molecular formula is C16H25NO2.